The lowest BCUT2D eigenvalue weighted by atomic mass is 9.83. The predicted octanol–water partition coefficient (Wildman–Crippen LogP) is 2.78. The van der Waals surface area contributed by atoms with E-state index in [0.29, 0.717) is 18.0 Å². The molecule has 1 fully saturated rings. The van der Waals surface area contributed by atoms with Gasteiger partial charge in [-0.2, -0.15) is 4.39 Å². The van der Waals surface area contributed by atoms with Gasteiger partial charge in [0.15, 0.2) is 0 Å². The van der Waals surface area contributed by atoms with Crippen LogP contribution >= 0.6 is 0 Å². The average Bonchev–Trinajstić information content (AvgIpc) is 2.38. The Labute approximate surface area is 107 Å². The number of carbonyl (C=O) groups excluding carboxylic acids is 1. The molecule has 1 amide bonds. The summed E-state index contributed by atoms with van der Waals surface area (Å²) < 4.78 is 12.6. The first-order valence-electron chi connectivity index (χ1n) is 6.55. The number of pyridine rings is 1. The van der Waals surface area contributed by atoms with Crippen molar-refractivity contribution >= 4 is 5.91 Å². The van der Waals surface area contributed by atoms with Gasteiger partial charge in [0.05, 0.1) is 5.56 Å². The third kappa shape index (κ3) is 3.52. The van der Waals surface area contributed by atoms with E-state index in [-0.39, 0.29) is 5.91 Å². The Bertz CT molecular complexity index is 397. The molecule has 2 rings (SSSR count). The minimum atomic E-state index is -0.562. The summed E-state index contributed by atoms with van der Waals surface area (Å²) in [4.78, 5) is 15.3. The number of nitrogens with zero attached hydrogens (tertiary/aromatic N) is 1. The molecule has 4 heteroatoms. The number of halogens is 1. The van der Waals surface area contributed by atoms with Crippen molar-refractivity contribution in [1.82, 2.24) is 10.3 Å². The molecule has 1 aliphatic carbocycles. The van der Waals surface area contributed by atoms with Crippen molar-refractivity contribution in [2.24, 2.45) is 11.8 Å². The van der Waals surface area contributed by atoms with Gasteiger partial charge in [0.25, 0.3) is 5.91 Å². The fraction of sp³-hybridized carbons (Fsp3) is 0.571. The Morgan fingerprint density at radius 2 is 2.11 bits per heavy atom. The lowest BCUT2D eigenvalue weighted by Gasteiger charge is -2.26. The van der Waals surface area contributed by atoms with E-state index < -0.39 is 5.95 Å². The van der Waals surface area contributed by atoms with E-state index in [1.165, 1.54) is 44.0 Å². The molecule has 0 saturated heterocycles. The Hall–Kier alpha value is -1.45. The van der Waals surface area contributed by atoms with Crippen molar-refractivity contribution in [3.05, 3.63) is 29.8 Å². The fourth-order valence-corrected chi connectivity index (χ4v) is 2.38. The highest BCUT2D eigenvalue weighted by Gasteiger charge is 2.18. The van der Waals surface area contributed by atoms with Gasteiger partial charge in [-0.1, -0.05) is 19.8 Å². The van der Waals surface area contributed by atoms with Gasteiger partial charge >= 0.3 is 0 Å². The maximum atomic E-state index is 12.6. The monoisotopic (exact) mass is 250 g/mol. The molecule has 3 nitrogen and oxygen atoms in total. The largest absolute Gasteiger partial charge is 0.352 e. The van der Waals surface area contributed by atoms with Crippen molar-refractivity contribution in [2.75, 3.05) is 6.54 Å². The van der Waals surface area contributed by atoms with Gasteiger partial charge in [-0.3, -0.25) is 4.79 Å². The van der Waals surface area contributed by atoms with Gasteiger partial charge in [0.1, 0.15) is 0 Å². The quantitative estimate of drug-likeness (QED) is 0.838. The van der Waals surface area contributed by atoms with Crippen LogP contribution in [-0.4, -0.2) is 17.4 Å². The summed E-state index contributed by atoms with van der Waals surface area (Å²) in [6, 6.07) is 2.66. The molecular formula is C14H19FN2O. The van der Waals surface area contributed by atoms with Crippen LogP contribution in [-0.2, 0) is 0 Å². The van der Waals surface area contributed by atoms with Crippen LogP contribution in [0.1, 0.15) is 43.0 Å². The summed E-state index contributed by atoms with van der Waals surface area (Å²) in [5, 5.41) is 2.90. The molecule has 1 saturated carbocycles. The van der Waals surface area contributed by atoms with Gasteiger partial charge in [0, 0.05) is 12.7 Å². The molecule has 0 aliphatic heterocycles. The van der Waals surface area contributed by atoms with Crippen LogP contribution in [0.25, 0.3) is 0 Å². The van der Waals surface area contributed by atoms with Crippen molar-refractivity contribution < 1.29 is 9.18 Å². The zero-order chi connectivity index (χ0) is 13.0. The summed E-state index contributed by atoms with van der Waals surface area (Å²) in [7, 11) is 0. The molecule has 18 heavy (non-hydrogen) atoms. The highest BCUT2D eigenvalue weighted by Crippen LogP contribution is 2.27. The Morgan fingerprint density at radius 1 is 1.39 bits per heavy atom. The average molecular weight is 250 g/mol. The minimum absolute atomic E-state index is 0.166. The van der Waals surface area contributed by atoms with Crippen LogP contribution in [0, 0.1) is 17.8 Å². The van der Waals surface area contributed by atoms with Gasteiger partial charge in [-0.15, -0.1) is 0 Å². The molecule has 98 valence electrons. The molecule has 0 atom stereocenters. The predicted molar refractivity (Wildman–Crippen MR) is 67.7 cm³/mol. The van der Waals surface area contributed by atoms with Gasteiger partial charge in [0.2, 0.25) is 5.95 Å². The highest BCUT2D eigenvalue weighted by molar-refractivity contribution is 5.93. The van der Waals surface area contributed by atoms with E-state index in [1.54, 1.807) is 0 Å². The number of nitrogens with one attached hydrogen (secondary N) is 1. The third-order valence-electron chi connectivity index (χ3n) is 3.68. The number of aromatic nitrogens is 1. The molecule has 1 aromatic rings. The number of rotatable bonds is 3. The first-order valence-corrected chi connectivity index (χ1v) is 6.55. The van der Waals surface area contributed by atoms with E-state index in [1.807, 2.05) is 0 Å². The number of hydrogen-bond donors (Lipinski definition) is 1. The number of carbonyl (C=O) groups is 1. The van der Waals surface area contributed by atoms with Crippen LogP contribution < -0.4 is 5.32 Å². The van der Waals surface area contributed by atoms with Gasteiger partial charge in [-0.05, 0) is 36.8 Å². The molecule has 0 unspecified atom stereocenters. The minimum Gasteiger partial charge on any atom is -0.352 e. The van der Waals surface area contributed by atoms with Crippen LogP contribution in [0.3, 0.4) is 0 Å². The zero-order valence-corrected chi connectivity index (χ0v) is 10.7. The zero-order valence-electron chi connectivity index (χ0n) is 10.7. The maximum absolute atomic E-state index is 12.6. The SMILES string of the molecule is CC1CCC(CNC(=O)c2ccc(F)nc2)CC1. The topological polar surface area (TPSA) is 42.0 Å². The summed E-state index contributed by atoms with van der Waals surface area (Å²) >= 11 is 0. The van der Waals surface area contributed by atoms with E-state index in [4.69, 9.17) is 0 Å². The standard InChI is InChI=1S/C14H19FN2O/c1-10-2-4-11(5-3-10)8-17-14(18)12-6-7-13(15)16-9-12/h6-7,9-11H,2-5,8H2,1H3,(H,17,18). The van der Waals surface area contributed by atoms with Crippen LogP contribution in [0.5, 0.6) is 0 Å². The van der Waals surface area contributed by atoms with Crippen molar-refractivity contribution in [3.63, 3.8) is 0 Å². The summed E-state index contributed by atoms with van der Waals surface area (Å²) in [5.74, 6) is 0.672. The van der Waals surface area contributed by atoms with E-state index in [0.717, 1.165) is 5.92 Å². The first-order chi connectivity index (χ1) is 8.65. The number of amides is 1. The van der Waals surface area contributed by atoms with E-state index in [9.17, 15) is 9.18 Å². The van der Waals surface area contributed by atoms with E-state index >= 15 is 0 Å². The van der Waals surface area contributed by atoms with Crippen LogP contribution in [0.15, 0.2) is 18.3 Å². The highest BCUT2D eigenvalue weighted by atomic mass is 19.1. The lowest BCUT2D eigenvalue weighted by Crippen LogP contribution is -2.31. The molecule has 0 aromatic carbocycles. The van der Waals surface area contributed by atoms with Crippen molar-refractivity contribution in [2.45, 2.75) is 32.6 Å². The second-order valence-corrected chi connectivity index (χ2v) is 5.21. The summed E-state index contributed by atoms with van der Waals surface area (Å²) in [5.41, 5.74) is 0.417. The Kier molecular flexibility index (Phi) is 4.28. The molecule has 1 aliphatic rings. The van der Waals surface area contributed by atoms with Crippen molar-refractivity contribution in [1.29, 1.82) is 0 Å². The second-order valence-electron chi connectivity index (χ2n) is 5.21. The molecule has 1 aromatic heterocycles. The smallest absolute Gasteiger partial charge is 0.252 e. The maximum Gasteiger partial charge on any atom is 0.252 e. The third-order valence-corrected chi connectivity index (χ3v) is 3.68. The van der Waals surface area contributed by atoms with E-state index in [2.05, 4.69) is 17.2 Å². The normalized spacial score (nSPS) is 23.7. The van der Waals surface area contributed by atoms with Crippen molar-refractivity contribution in [3.8, 4) is 0 Å². The Morgan fingerprint density at radius 3 is 2.72 bits per heavy atom. The van der Waals surface area contributed by atoms with Gasteiger partial charge < -0.3 is 5.32 Å². The second kappa shape index (κ2) is 5.94. The Balaban J connectivity index is 1.79. The van der Waals surface area contributed by atoms with Crippen LogP contribution in [0.4, 0.5) is 4.39 Å². The molecular weight excluding hydrogens is 231 g/mol. The molecule has 0 bridgehead atoms. The first kappa shape index (κ1) is 13.0. The molecule has 1 heterocycles. The molecule has 0 radical (unpaired) electrons. The molecule has 1 N–H and O–H groups in total. The van der Waals surface area contributed by atoms with Crippen LogP contribution in [0.2, 0.25) is 0 Å². The molecule has 0 spiro atoms. The summed E-state index contributed by atoms with van der Waals surface area (Å²) in [6.07, 6.45) is 6.14. The summed E-state index contributed by atoms with van der Waals surface area (Å²) in [6.45, 7) is 2.99. The fourth-order valence-electron chi connectivity index (χ4n) is 2.38. The number of hydrogen-bond acceptors (Lipinski definition) is 2. The lowest BCUT2D eigenvalue weighted by molar-refractivity contribution is 0.0941. The van der Waals surface area contributed by atoms with Gasteiger partial charge in [-0.25, -0.2) is 4.98 Å².